The Hall–Kier alpha value is 0.620. The largest absolute Gasteiger partial charge is 0.333 e. The van der Waals surface area contributed by atoms with E-state index >= 15 is 0 Å². The van der Waals surface area contributed by atoms with Crippen molar-refractivity contribution in [2.45, 2.75) is 227 Å². The van der Waals surface area contributed by atoms with Gasteiger partial charge < -0.3 is 27.1 Å². The summed E-state index contributed by atoms with van der Waals surface area (Å²) in [6.45, 7) is 50.3. The zero-order valence-electron chi connectivity index (χ0n) is 45.1. The van der Waals surface area contributed by atoms with Crippen molar-refractivity contribution in [1.29, 1.82) is 0 Å². The smallest absolute Gasteiger partial charge is 0.312 e. The zero-order chi connectivity index (χ0) is 47.2. The van der Waals surface area contributed by atoms with Crippen LogP contribution in [0, 0.1) is 122 Å². The Bertz CT molecular complexity index is 1430. The van der Waals surface area contributed by atoms with E-state index in [2.05, 4.69) is 138 Å². The van der Waals surface area contributed by atoms with E-state index < -0.39 is 17.2 Å². The predicted octanol–water partition coefficient (Wildman–Crippen LogP) is 16.8. The second-order valence-electron chi connectivity index (χ2n) is 28.5. The number of rotatable bonds is 6. The van der Waals surface area contributed by atoms with Gasteiger partial charge in [0.15, 0.2) is 0 Å². The Morgan fingerprint density at radius 3 is 1.03 bits per heavy atom. The lowest BCUT2D eigenvalue weighted by molar-refractivity contribution is -0.123. The van der Waals surface area contributed by atoms with Crippen LogP contribution in [0.25, 0.3) is 0 Å². The first-order valence-corrected chi connectivity index (χ1v) is 29.4. The third-order valence-electron chi connectivity index (χ3n) is 20.5. The van der Waals surface area contributed by atoms with Crippen molar-refractivity contribution in [3.05, 3.63) is 0 Å². The van der Waals surface area contributed by atoms with Crippen molar-refractivity contribution >= 4 is 17.2 Å². The van der Waals surface area contributed by atoms with E-state index in [-0.39, 0.29) is 52.2 Å². The Kier molecular flexibility index (Phi) is 16.1. The molecule has 18 unspecified atom stereocenters. The summed E-state index contributed by atoms with van der Waals surface area (Å²) in [5, 5.41) is 0. The van der Waals surface area contributed by atoms with E-state index in [1.54, 1.807) is 0 Å². The van der Waals surface area contributed by atoms with Crippen LogP contribution in [-0.2, 0) is 27.1 Å². The molecule has 0 amide bonds. The monoisotopic (exact) mass is 933 g/mol. The lowest BCUT2D eigenvalue weighted by Crippen LogP contribution is -2.56. The summed E-state index contributed by atoms with van der Waals surface area (Å²) >= 11 is 0. The van der Waals surface area contributed by atoms with E-state index in [1.807, 2.05) is 0 Å². The summed E-state index contributed by atoms with van der Waals surface area (Å²) in [6.07, 6.45) is 11.1. The molecule has 2 aliphatic heterocycles. The van der Waals surface area contributed by atoms with Crippen molar-refractivity contribution in [2.24, 2.45) is 122 Å². The van der Waals surface area contributed by atoms with Crippen LogP contribution in [0.4, 0.5) is 0 Å². The highest BCUT2D eigenvalue weighted by Crippen LogP contribution is 2.66. The second-order valence-corrected chi connectivity index (χ2v) is 30.7. The molecule has 372 valence electrons. The van der Waals surface area contributed by atoms with Gasteiger partial charge in [0, 0.05) is 0 Å². The normalized spacial score (nSPS) is 49.7. The van der Waals surface area contributed by atoms with Gasteiger partial charge in [0.2, 0.25) is 0 Å². The van der Waals surface area contributed by atoms with E-state index in [9.17, 15) is 0 Å². The lowest BCUT2D eigenvalue weighted by Gasteiger charge is -2.56. The molecular weight excluding hydrogens is 831 g/mol. The average molecular weight is 933 g/mol. The summed E-state index contributed by atoms with van der Waals surface area (Å²) in [4.78, 5) is 0. The highest BCUT2D eigenvalue weighted by molar-refractivity contribution is 7.42. The summed E-state index contributed by atoms with van der Waals surface area (Å²) in [6, 6.07) is 0. The van der Waals surface area contributed by atoms with E-state index in [0.717, 1.165) is 19.3 Å². The highest BCUT2D eigenvalue weighted by atomic mass is 31.2. The molecule has 6 nitrogen and oxygen atoms in total. The molecule has 7 fully saturated rings. The molecule has 5 saturated carbocycles. The summed E-state index contributed by atoms with van der Waals surface area (Å²) in [5.74, 6) is 9.12. The molecule has 0 N–H and O–H groups in total. The lowest BCUT2D eigenvalue weighted by atomic mass is 9.51. The van der Waals surface area contributed by atoms with Crippen LogP contribution in [0.5, 0.6) is 0 Å². The van der Waals surface area contributed by atoms with Crippen molar-refractivity contribution in [3.63, 3.8) is 0 Å². The van der Waals surface area contributed by atoms with E-state index in [0.29, 0.717) is 107 Å². The maximum Gasteiger partial charge on any atom is 0.333 e. The van der Waals surface area contributed by atoms with Crippen molar-refractivity contribution in [1.82, 2.24) is 0 Å². The minimum atomic E-state index is -1.53. The SMILES string of the molecule is CC1C[C@@H](C(C)(C)C)C2OP(OCCC3CCCCC3OP3OC4C(C5C(C)C(C)C[C@@H](C(C)(C)C)C5O3)[C@H](C)[C@H](C)CC4C(C)(C)C)OC3C(C2C1C)[C@H](C)[C@H](C)CC3C(C)(C)C. The van der Waals surface area contributed by atoms with Crippen LogP contribution in [0.3, 0.4) is 0 Å². The summed E-state index contributed by atoms with van der Waals surface area (Å²) in [5.41, 5.74) is 0.565. The van der Waals surface area contributed by atoms with Crippen molar-refractivity contribution in [2.75, 3.05) is 6.61 Å². The van der Waals surface area contributed by atoms with Gasteiger partial charge in [0.05, 0.1) is 37.1 Å². The van der Waals surface area contributed by atoms with E-state index in [1.165, 1.54) is 38.5 Å². The highest BCUT2D eigenvalue weighted by Gasteiger charge is 2.61. The standard InChI is InChI=1S/C56H102O6P2/c1-31-27-40(53(9,10)11)49-45(35(31)5)46-36(6)32(2)28-41(54(12,13)14)50(46)60-63(59-49)57-26-25-39-23-21-22-24-44(39)58-64-61-51-42(55(15,16)17)29-33(3)37(7)47(51)48-38(8)34(4)30-43(52(48)62-64)56(18,19)20/h31-52H,21-30H2,1-20H3/t31-,32?,33-,34?,35-,36?,37-,38?,39?,40?,41-,42?,43-,44?,45?,46?,47?,48?,49?,50?,51?,52?,63?,64?/m1/s1. The first kappa shape index (κ1) is 52.4. The van der Waals surface area contributed by atoms with Crippen LogP contribution in [-0.4, -0.2) is 37.1 Å². The second kappa shape index (κ2) is 19.7. The molecule has 24 atom stereocenters. The fourth-order valence-corrected chi connectivity index (χ4v) is 18.6. The topological polar surface area (TPSA) is 55.4 Å². The maximum absolute atomic E-state index is 7.53. The van der Waals surface area contributed by atoms with Gasteiger partial charge in [0.1, 0.15) is 0 Å². The summed E-state index contributed by atoms with van der Waals surface area (Å²) < 4.78 is 44.4. The molecule has 2 saturated heterocycles. The van der Waals surface area contributed by atoms with Crippen LogP contribution in [0.15, 0.2) is 0 Å². The fourth-order valence-electron chi connectivity index (χ4n) is 15.6. The zero-order valence-corrected chi connectivity index (χ0v) is 46.9. The molecule has 0 bridgehead atoms. The predicted molar refractivity (Wildman–Crippen MR) is 268 cm³/mol. The Balaban J connectivity index is 1.14. The number of hydrogen-bond donors (Lipinski definition) is 0. The van der Waals surface area contributed by atoms with Crippen molar-refractivity contribution in [3.8, 4) is 0 Å². The Morgan fingerprint density at radius 2 is 0.719 bits per heavy atom. The first-order chi connectivity index (χ1) is 29.6. The average Bonchev–Trinajstić information content (AvgIpc) is 3.45. The molecule has 8 heteroatoms. The minimum Gasteiger partial charge on any atom is -0.312 e. The third kappa shape index (κ3) is 10.6. The quantitative estimate of drug-likeness (QED) is 0.247. The molecule has 5 aliphatic carbocycles. The van der Waals surface area contributed by atoms with Gasteiger partial charge in [-0.3, -0.25) is 0 Å². The maximum atomic E-state index is 7.53. The summed E-state index contributed by atoms with van der Waals surface area (Å²) in [7, 11) is -3.05. The molecule has 7 rings (SSSR count). The van der Waals surface area contributed by atoms with Crippen LogP contribution >= 0.6 is 17.2 Å². The molecule has 0 aromatic carbocycles. The number of fused-ring (bicyclic) bond motifs is 6. The molecule has 64 heavy (non-hydrogen) atoms. The van der Waals surface area contributed by atoms with Gasteiger partial charge in [-0.25, -0.2) is 0 Å². The van der Waals surface area contributed by atoms with Gasteiger partial charge in [0.25, 0.3) is 0 Å². The Morgan fingerprint density at radius 1 is 0.422 bits per heavy atom. The molecule has 2 heterocycles. The molecule has 0 aromatic heterocycles. The third-order valence-corrected chi connectivity index (χ3v) is 23.0. The number of hydrogen-bond acceptors (Lipinski definition) is 6. The molecule has 0 radical (unpaired) electrons. The first-order valence-electron chi connectivity index (χ1n) is 27.2. The van der Waals surface area contributed by atoms with Gasteiger partial charge in [-0.15, -0.1) is 0 Å². The van der Waals surface area contributed by atoms with Gasteiger partial charge in [-0.1, -0.05) is 151 Å². The molecular formula is C56H102O6P2. The van der Waals surface area contributed by atoms with Gasteiger partial charge in [-0.05, 0) is 167 Å². The van der Waals surface area contributed by atoms with Crippen LogP contribution in [0.1, 0.15) is 196 Å². The molecule has 0 aromatic rings. The molecule has 0 spiro atoms. The van der Waals surface area contributed by atoms with Crippen LogP contribution < -0.4 is 0 Å². The Labute approximate surface area is 398 Å². The minimum absolute atomic E-state index is 0.105. The molecule has 7 aliphatic rings. The van der Waals surface area contributed by atoms with E-state index in [4.69, 9.17) is 27.1 Å². The van der Waals surface area contributed by atoms with Crippen molar-refractivity contribution < 1.29 is 27.1 Å². The van der Waals surface area contributed by atoms with Gasteiger partial charge >= 0.3 is 17.2 Å². The fraction of sp³-hybridized carbons (Fsp3) is 1.00. The van der Waals surface area contributed by atoms with Gasteiger partial charge in [-0.2, -0.15) is 0 Å². The van der Waals surface area contributed by atoms with Crippen LogP contribution in [0.2, 0.25) is 0 Å².